The average molecular weight is 287 g/mol. The molecule has 1 saturated carbocycles. The van der Waals surface area contributed by atoms with E-state index in [-0.39, 0.29) is 0 Å². The van der Waals surface area contributed by atoms with Crippen LogP contribution in [0.1, 0.15) is 30.7 Å². The molecule has 1 N–H and O–H groups in total. The lowest BCUT2D eigenvalue weighted by Gasteiger charge is -2.31. The Balaban J connectivity index is 1.39. The molecule has 1 aromatic rings. The number of rotatable bonds is 5. The molecule has 100 valence electrons. The molecule has 0 radical (unpaired) electrons. The van der Waals surface area contributed by atoms with E-state index in [1.165, 1.54) is 43.6 Å². The Morgan fingerprint density at radius 2 is 2.00 bits per heavy atom. The van der Waals surface area contributed by atoms with Crippen LogP contribution in [0.3, 0.4) is 0 Å². The number of nitrogens with one attached hydrogen (secondary N) is 1. The summed E-state index contributed by atoms with van der Waals surface area (Å²) in [6.45, 7) is 4.44. The van der Waals surface area contributed by atoms with Crippen LogP contribution in [-0.4, -0.2) is 40.8 Å². The molecule has 6 heteroatoms. The zero-order valence-electron chi connectivity index (χ0n) is 10.4. The fourth-order valence-corrected chi connectivity index (χ4v) is 3.35. The summed E-state index contributed by atoms with van der Waals surface area (Å²) in [6, 6.07) is 0.722. The normalized spacial score (nSPS) is 22.5. The van der Waals surface area contributed by atoms with Crippen molar-refractivity contribution < 1.29 is 0 Å². The first kappa shape index (κ1) is 12.8. The van der Waals surface area contributed by atoms with Gasteiger partial charge in [0, 0.05) is 19.1 Å². The molecule has 2 heterocycles. The van der Waals surface area contributed by atoms with Gasteiger partial charge in [0.15, 0.2) is 0 Å². The molecular formula is C12H19ClN4S. The minimum atomic E-state index is 0.547. The second-order valence-corrected chi connectivity index (χ2v) is 6.99. The molecule has 2 aliphatic rings. The van der Waals surface area contributed by atoms with Gasteiger partial charge in [-0.05, 0) is 49.7 Å². The lowest BCUT2D eigenvalue weighted by Crippen LogP contribution is -2.42. The van der Waals surface area contributed by atoms with E-state index in [1.807, 2.05) is 0 Å². The third kappa shape index (κ3) is 3.63. The number of likely N-dealkylation sites (tertiary alicyclic amines) is 1. The van der Waals surface area contributed by atoms with Crippen molar-refractivity contribution in [2.75, 3.05) is 19.6 Å². The van der Waals surface area contributed by atoms with Crippen molar-refractivity contribution in [3.63, 3.8) is 0 Å². The van der Waals surface area contributed by atoms with Gasteiger partial charge in [0.25, 0.3) is 0 Å². The second kappa shape index (κ2) is 5.82. The van der Waals surface area contributed by atoms with E-state index in [0.717, 1.165) is 36.6 Å². The highest BCUT2D eigenvalue weighted by Gasteiger charge is 2.24. The van der Waals surface area contributed by atoms with E-state index in [9.17, 15) is 0 Å². The molecule has 3 rings (SSSR count). The fourth-order valence-electron chi connectivity index (χ4n) is 2.44. The standard InChI is InChI=1S/C12H19ClN4S/c13-12-16-15-11(18-12)8-17-5-3-10(4-6-17)14-7-9-1-2-9/h9-10,14H,1-8H2. The molecule has 1 aromatic heterocycles. The van der Waals surface area contributed by atoms with Crippen molar-refractivity contribution in [1.29, 1.82) is 0 Å². The van der Waals surface area contributed by atoms with Crippen molar-refractivity contribution in [3.05, 3.63) is 9.47 Å². The minimum Gasteiger partial charge on any atom is -0.314 e. The first-order valence-corrected chi connectivity index (χ1v) is 7.92. The summed E-state index contributed by atoms with van der Waals surface area (Å²) < 4.78 is 0.547. The molecule has 18 heavy (non-hydrogen) atoms. The van der Waals surface area contributed by atoms with E-state index in [4.69, 9.17) is 11.6 Å². The smallest absolute Gasteiger partial charge is 0.207 e. The number of piperidine rings is 1. The first-order chi connectivity index (χ1) is 8.79. The van der Waals surface area contributed by atoms with Crippen molar-refractivity contribution in [2.24, 2.45) is 5.92 Å². The summed E-state index contributed by atoms with van der Waals surface area (Å²) in [6.07, 6.45) is 5.37. The van der Waals surface area contributed by atoms with Gasteiger partial charge >= 0.3 is 0 Å². The van der Waals surface area contributed by atoms with Gasteiger partial charge < -0.3 is 5.32 Å². The van der Waals surface area contributed by atoms with Gasteiger partial charge in [-0.15, -0.1) is 10.2 Å². The van der Waals surface area contributed by atoms with E-state index in [0.29, 0.717) is 4.47 Å². The molecule has 0 atom stereocenters. The Bertz CT molecular complexity index is 385. The van der Waals surface area contributed by atoms with Gasteiger partial charge in [0.1, 0.15) is 5.01 Å². The van der Waals surface area contributed by atoms with Crippen LogP contribution in [-0.2, 0) is 6.54 Å². The van der Waals surface area contributed by atoms with Crippen LogP contribution in [0.2, 0.25) is 4.47 Å². The molecule has 1 aliphatic carbocycles. The maximum atomic E-state index is 5.79. The topological polar surface area (TPSA) is 41.1 Å². The Morgan fingerprint density at radius 1 is 1.22 bits per heavy atom. The number of nitrogens with zero attached hydrogens (tertiary/aromatic N) is 3. The molecule has 2 fully saturated rings. The molecule has 0 aromatic carbocycles. The maximum Gasteiger partial charge on any atom is 0.207 e. The van der Waals surface area contributed by atoms with Crippen molar-refractivity contribution in [1.82, 2.24) is 20.4 Å². The highest BCUT2D eigenvalue weighted by Crippen LogP contribution is 2.28. The predicted octanol–water partition coefficient (Wildman–Crippen LogP) is 2.16. The summed E-state index contributed by atoms with van der Waals surface area (Å²) in [4.78, 5) is 2.45. The summed E-state index contributed by atoms with van der Waals surface area (Å²) in [7, 11) is 0. The highest BCUT2D eigenvalue weighted by atomic mass is 35.5. The van der Waals surface area contributed by atoms with Crippen LogP contribution in [0, 0.1) is 5.92 Å². The molecule has 1 saturated heterocycles. The number of hydrogen-bond donors (Lipinski definition) is 1. The Kier molecular flexibility index (Phi) is 4.13. The van der Waals surface area contributed by atoms with Crippen LogP contribution >= 0.6 is 22.9 Å². The Hall–Kier alpha value is -0.230. The van der Waals surface area contributed by atoms with Gasteiger partial charge in [-0.2, -0.15) is 0 Å². The third-order valence-electron chi connectivity index (χ3n) is 3.78. The first-order valence-electron chi connectivity index (χ1n) is 6.73. The molecule has 4 nitrogen and oxygen atoms in total. The lowest BCUT2D eigenvalue weighted by atomic mass is 10.0. The van der Waals surface area contributed by atoms with E-state index >= 15 is 0 Å². The monoisotopic (exact) mass is 286 g/mol. The van der Waals surface area contributed by atoms with Crippen LogP contribution < -0.4 is 5.32 Å². The van der Waals surface area contributed by atoms with E-state index < -0.39 is 0 Å². The number of halogens is 1. The largest absolute Gasteiger partial charge is 0.314 e. The quantitative estimate of drug-likeness (QED) is 0.901. The third-order valence-corrected chi connectivity index (χ3v) is 4.78. The van der Waals surface area contributed by atoms with Crippen LogP contribution in [0.15, 0.2) is 0 Å². The van der Waals surface area contributed by atoms with Crippen molar-refractivity contribution in [3.8, 4) is 0 Å². The lowest BCUT2D eigenvalue weighted by molar-refractivity contribution is 0.189. The summed E-state index contributed by atoms with van der Waals surface area (Å²) in [5.74, 6) is 0.978. The fraction of sp³-hybridized carbons (Fsp3) is 0.833. The summed E-state index contributed by atoms with van der Waals surface area (Å²) in [5, 5.41) is 12.7. The van der Waals surface area contributed by atoms with Crippen LogP contribution in [0.5, 0.6) is 0 Å². The van der Waals surface area contributed by atoms with E-state index in [2.05, 4.69) is 20.4 Å². The summed E-state index contributed by atoms with van der Waals surface area (Å²) in [5.41, 5.74) is 0. The molecule has 0 unspecified atom stereocenters. The molecule has 1 aliphatic heterocycles. The predicted molar refractivity (Wildman–Crippen MR) is 73.9 cm³/mol. The zero-order chi connectivity index (χ0) is 12.4. The molecular weight excluding hydrogens is 268 g/mol. The van der Waals surface area contributed by atoms with Crippen molar-refractivity contribution >= 4 is 22.9 Å². The van der Waals surface area contributed by atoms with Gasteiger partial charge in [0.05, 0.1) is 6.54 Å². The van der Waals surface area contributed by atoms with E-state index in [1.54, 1.807) is 0 Å². The van der Waals surface area contributed by atoms with Gasteiger partial charge in [0.2, 0.25) is 4.47 Å². The molecule has 0 spiro atoms. The Labute approximate surface area is 117 Å². The van der Waals surface area contributed by atoms with Gasteiger partial charge in [-0.25, -0.2) is 0 Å². The second-order valence-electron chi connectivity index (χ2n) is 5.35. The van der Waals surface area contributed by atoms with Crippen molar-refractivity contribution in [2.45, 2.75) is 38.3 Å². The SMILES string of the molecule is Clc1nnc(CN2CCC(NCC3CC3)CC2)s1. The average Bonchev–Trinajstić information content (AvgIpc) is 3.12. The molecule has 0 amide bonds. The van der Waals surface area contributed by atoms with Gasteiger partial charge in [-0.1, -0.05) is 11.3 Å². The number of hydrogen-bond acceptors (Lipinski definition) is 5. The summed E-state index contributed by atoms with van der Waals surface area (Å²) >= 11 is 7.28. The maximum absolute atomic E-state index is 5.79. The molecule has 0 bridgehead atoms. The zero-order valence-corrected chi connectivity index (χ0v) is 12.0. The minimum absolute atomic E-state index is 0.547. The van der Waals surface area contributed by atoms with Crippen LogP contribution in [0.4, 0.5) is 0 Å². The Morgan fingerprint density at radius 3 is 2.61 bits per heavy atom. The van der Waals surface area contributed by atoms with Crippen LogP contribution in [0.25, 0.3) is 0 Å². The number of aromatic nitrogens is 2. The highest BCUT2D eigenvalue weighted by molar-refractivity contribution is 7.15. The van der Waals surface area contributed by atoms with Gasteiger partial charge in [-0.3, -0.25) is 4.90 Å².